The van der Waals surface area contributed by atoms with Gasteiger partial charge in [0.15, 0.2) is 0 Å². The van der Waals surface area contributed by atoms with Crippen molar-refractivity contribution in [2.24, 2.45) is 5.92 Å². The SMILES string of the molecule is COC(=O)C=CC1CC(=O)N(C)C2CCc3ccccc3C12. The van der Waals surface area contributed by atoms with E-state index in [4.69, 9.17) is 0 Å². The zero-order valence-corrected chi connectivity index (χ0v) is 13.0. The fourth-order valence-electron chi connectivity index (χ4n) is 3.84. The topological polar surface area (TPSA) is 46.6 Å². The molecule has 0 bridgehead atoms. The highest BCUT2D eigenvalue weighted by molar-refractivity contribution is 5.82. The molecule has 4 nitrogen and oxygen atoms in total. The molecular formula is C18H21NO3. The fraction of sp³-hybridized carbons (Fsp3) is 0.444. The second kappa shape index (κ2) is 5.95. The van der Waals surface area contributed by atoms with E-state index in [1.165, 1.54) is 24.3 Å². The number of hydrogen-bond donors (Lipinski definition) is 0. The summed E-state index contributed by atoms with van der Waals surface area (Å²) < 4.78 is 4.67. The van der Waals surface area contributed by atoms with Gasteiger partial charge in [0.25, 0.3) is 0 Å². The third-order valence-corrected chi connectivity index (χ3v) is 4.98. The van der Waals surface area contributed by atoms with E-state index in [1.807, 2.05) is 18.0 Å². The van der Waals surface area contributed by atoms with E-state index in [-0.39, 0.29) is 29.8 Å². The minimum absolute atomic E-state index is 0.0502. The standard InChI is InChI=1S/C18H21NO3/c1-19-15-9-7-12-5-3-4-6-14(12)18(15)13(11-16(19)20)8-10-17(21)22-2/h3-6,8,10,13,15,18H,7,9,11H2,1-2H3. The van der Waals surface area contributed by atoms with Crippen molar-refractivity contribution in [3.63, 3.8) is 0 Å². The van der Waals surface area contributed by atoms with Crippen LogP contribution in [-0.2, 0) is 20.7 Å². The first-order valence-corrected chi connectivity index (χ1v) is 7.71. The highest BCUT2D eigenvalue weighted by Gasteiger charge is 2.42. The molecular weight excluding hydrogens is 278 g/mol. The summed E-state index contributed by atoms with van der Waals surface area (Å²) in [6.07, 6.45) is 5.74. The first-order valence-electron chi connectivity index (χ1n) is 7.71. The van der Waals surface area contributed by atoms with Gasteiger partial charge in [-0.1, -0.05) is 30.3 Å². The van der Waals surface area contributed by atoms with Gasteiger partial charge in [-0.2, -0.15) is 0 Å². The maximum Gasteiger partial charge on any atom is 0.330 e. The molecule has 4 heteroatoms. The van der Waals surface area contributed by atoms with E-state index in [2.05, 4.69) is 29.0 Å². The Morgan fingerprint density at radius 2 is 2.14 bits per heavy atom. The number of likely N-dealkylation sites (tertiary alicyclic amines) is 1. The van der Waals surface area contributed by atoms with E-state index in [0.717, 1.165) is 12.8 Å². The van der Waals surface area contributed by atoms with Crippen molar-refractivity contribution in [3.05, 3.63) is 47.5 Å². The average molecular weight is 299 g/mol. The van der Waals surface area contributed by atoms with Crippen molar-refractivity contribution in [1.82, 2.24) is 4.90 Å². The minimum Gasteiger partial charge on any atom is -0.466 e. The number of carbonyl (C=O) groups excluding carboxylic acids is 2. The molecule has 1 heterocycles. The summed E-state index contributed by atoms with van der Waals surface area (Å²) in [5.41, 5.74) is 2.68. The Bertz CT molecular complexity index is 623. The molecule has 22 heavy (non-hydrogen) atoms. The number of nitrogens with zero attached hydrogens (tertiary/aromatic N) is 1. The van der Waals surface area contributed by atoms with Gasteiger partial charge in [-0.05, 0) is 29.9 Å². The minimum atomic E-state index is -0.368. The second-order valence-corrected chi connectivity index (χ2v) is 6.09. The zero-order chi connectivity index (χ0) is 15.7. The van der Waals surface area contributed by atoms with Crippen molar-refractivity contribution in [3.8, 4) is 0 Å². The molecule has 1 aromatic rings. The molecule has 3 rings (SSSR count). The van der Waals surface area contributed by atoms with E-state index >= 15 is 0 Å². The summed E-state index contributed by atoms with van der Waals surface area (Å²) in [6.45, 7) is 0. The molecule has 0 radical (unpaired) electrons. The van der Waals surface area contributed by atoms with Crippen LogP contribution in [0.4, 0.5) is 0 Å². The van der Waals surface area contributed by atoms with Crippen LogP contribution in [0.2, 0.25) is 0 Å². The van der Waals surface area contributed by atoms with Gasteiger partial charge in [0.1, 0.15) is 0 Å². The molecule has 3 atom stereocenters. The molecule has 2 aliphatic rings. The quantitative estimate of drug-likeness (QED) is 0.622. The molecule has 0 saturated carbocycles. The monoisotopic (exact) mass is 299 g/mol. The summed E-state index contributed by atoms with van der Waals surface area (Å²) in [5.74, 6) is 0.0926. The van der Waals surface area contributed by atoms with Crippen LogP contribution in [0, 0.1) is 5.92 Å². The van der Waals surface area contributed by atoms with E-state index < -0.39 is 0 Å². The molecule has 1 saturated heterocycles. The van der Waals surface area contributed by atoms with Gasteiger partial charge in [0.2, 0.25) is 5.91 Å². The van der Waals surface area contributed by atoms with Crippen molar-refractivity contribution in [2.45, 2.75) is 31.2 Å². The maximum absolute atomic E-state index is 12.3. The largest absolute Gasteiger partial charge is 0.466 e. The third kappa shape index (κ3) is 2.54. The van der Waals surface area contributed by atoms with Crippen molar-refractivity contribution in [1.29, 1.82) is 0 Å². The summed E-state index contributed by atoms with van der Waals surface area (Å²) in [7, 11) is 3.26. The summed E-state index contributed by atoms with van der Waals surface area (Å²) in [6, 6.07) is 8.66. The number of hydrogen-bond acceptors (Lipinski definition) is 3. The highest BCUT2D eigenvalue weighted by atomic mass is 16.5. The summed E-state index contributed by atoms with van der Waals surface area (Å²) in [5, 5.41) is 0. The van der Waals surface area contributed by atoms with Crippen LogP contribution in [-0.4, -0.2) is 37.0 Å². The molecule has 1 fully saturated rings. The molecule has 3 unspecified atom stereocenters. The predicted molar refractivity (Wildman–Crippen MR) is 83.3 cm³/mol. The third-order valence-electron chi connectivity index (χ3n) is 4.98. The number of esters is 1. The van der Waals surface area contributed by atoms with Gasteiger partial charge in [-0.25, -0.2) is 4.79 Å². The number of methoxy groups -OCH3 is 1. The van der Waals surface area contributed by atoms with Gasteiger partial charge in [0.05, 0.1) is 7.11 Å². The highest BCUT2D eigenvalue weighted by Crippen LogP contribution is 2.44. The van der Waals surface area contributed by atoms with Gasteiger partial charge in [-0.3, -0.25) is 4.79 Å². The smallest absolute Gasteiger partial charge is 0.330 e. The lowest BCUT2D eigenvalue weighted by molar-refractivity contribution is -0.138. The Morgan fingerprint density at radius 1 is 1.36 bits per heavy atom. The number of fused-ring (bicyclic) bond motifs is 3. The number of ether oxygens (including phenoxy) is 1. The molecule has 0 aromatic heterocycles. The lowest BCUT2D eigenvalue weighted by Crippen LogP contribution is -2.50. The molecule has 0 spiro atoms. The average Bonchev–Trinajstić information content (AvgIpc) is 2.55. The number of piperidine rings is 1. The lowest BCUT2D eigenvalue weighted by Gasteiger charge is -2.46. The Morgan fingerprint density at radius 3 is 2.91 bits per heavy atom. The summed E-state index contributed by atoms with van der Waals surface area (Å²) >= 11 is 0. The van der Waals surface area contributed by atoms with Crippen LogP contribution in [0.1, 0.15) is 29.9 Å². The van der Waals surface area contributed by atoms with Crippen molar-refractivity contribution in [2.75, 3.05) is 14.2 Å². The normalized spacial score (nSPS) is 27.5. The molecule has 1 aliphatic carbocycles. The van der Waals surface area contributed by atoms with Gasteiger partial charge < -0.3 is 9.64 Å². The van der Waals surface area contributed by atoms with E-state index in [9.17, 15) is 9.59 Å². The number of benzene rings is 1. The molecule has 1 aromatic carbocycles. The van der Waals surface area contributed by atoms with Crippen LogP contribution in [0.3, 0.4) is 0 Å². The number of carbonyl (C=O) groups is 2. The predicted octanol–water partition coefficient (Wildman–Crippen LogP) is 2.29. The Hall–Kier alpha value is -2.10. The molecule has 1 amide bonds. The lowest BCUT2D eigenvalue weighted by atomic mass is 9.69. The Balaban J connectivity index is 1.98. The van der Waals surface area contributed by atoms with Crippen LogP contribution in [0.15, 0.2) is 36.4 Å². The second-order valence-electron chi connectivity index (χ2n) is 6.09. The number of amides is 1. The maximum atomic E-state index is 12.3. The van der Waals surface area contributed by atoms with Crippen molar-refractivity contribution >= 4 is 11.9 Å². The number of likely N-dealkylation sites (N-methyl/N-ethyl adjacent to an activating group) is 1. The Kier molecular flexibility index (Phi) is 4.01. The van der Waals surface area contributed by atoms with Gasteiger partial charge >= 0.3 is 5.97 Å². The zero-order valence-electron chi connectivity index (χ0n) is 13.0. The van der Waals surface area contributed by atoms with Gasteiger partial charge in [-0.15, -0.1) is 0 Å². The van der Waals surface area contributed by atoms with Gasteiger partial charge in [0, 0.05) is 31.5 Å². The number of allylic oxidation sites excluding steroid dienone is 1. The number of rotatable bonds is 2. The van der Waals surface area contributed by atoms with E-state index in [1.54, 1.807) is 0 Å². The summed E-state index contributed by atoms with van der Waals surface area (Å²) in [4.78, 5) is 25.6. The van der Waals surface area contributed by atoms with Crippen LogP contribution >= 0.6 is 0 Å². The van der Waals surface area contributed by atoms with Crippen LogP contribution in [0.25, 0.3) is 0 Å². The van der Waals surface area contributed by atoms with E-state index in [0.29, 0.717) is 6.42 Å². The fourth-order valence-corrected chi connectivity index (χ4v) is 3.84. The van der Waals surface area contributed by atoms with Crippen LogP contribution < -0.4 is 0 Å². The number of aryl methyl sites for hydroxylation is 1. The molecule has 1 aliphatic heterocycles. The first kappa shape index (κ1) is 14.8. The Labute approximate surface area is 130 Å². The van der Waals surface area contributed by atoms with Crippen molar-refractivity contribution < 1.29 is 14.3 Å². The first-order chi connectivity index (χ1) is 10.6. The van der Waals surface area contributed by atoms with Crippen LogP contribution in [0.5, 0.6) is 0 Å². The molecule has 0 N–H and O–H groups in total. The molecule has 116 valence electrons.